The first-order valence-corrected chi connectivity index (χ1v) is 14.6. The molecule has 4 atom stereocenters. The van der Waals surface area contributed by atoms with Crippen LogP contribution in [0.5, 0.6) is 0 Å². The normalized spacial score (nSPS) is 30.7. The van der Waals surface area contributed by atoms with Gasteiger partial charge in [-0.2, -0.15) is 0 Å². The van der Waals surface area contributed by atoms with Gasteiger partial charge in [0, 0.05) is 11.3 Å². The van der Waals surface area contributed by atoms with E-state index in [1.165, 1.54) is 77.2 Å². The number of aryl methyl sites for hydroxylation is 4. The van der Waals surface area contributed by atoms with Gasteiger partial charge in [0.2, 0.25) is 0 Å². The molecular weight excluding hydrogens is 488 g/mol. The van der Waals surface area contributed by atoms with Gasteiger partial charge in [0.1, 0.15) is 0 Å². The maximum absolute atomic E-state index is 15.4. The number of allylic oxidation sites excluding steroid dienone is 4. The molecule has 1 fully saturated rings. The van der Waals surface area contributed by atoms with E-state index in [-0.39, 0.29) is 11.7 Å². The zero-order valence-electron chi connectivity index (χ0n) is 24.2. The Labute approximate surface area is 234 Å². The van der Waals surface area contributed by atoms with Gasteiger partial charge in [-0.25, -0.2) is 0 Å². The third-order valence-electron chi connectivity index (χ3n) is 12.0. The van der Waals surface area contributed by atoms with E-state index >= 15 is 4.79 Å². The van der Waals surface area contributed by atoms with Crippen LogP contribution in [-0.4, -0.2) is 11.6 Å². The summed E-state index contributed by atoms with van der Waals surface area (Å²) in [6.45, 7) is 15.2. The molecule has 1 spiro atoms. The monoisotopic (exact) mass is 520 g/mol. The highest BCUT2D eigenvalue weighted by atomic mass is 16.1. The number of carbonyl (C=O) groups is 2. The molecular formula is C38H32O2. The largest absolute Gasteiger partial charge is 0.298 e. The zero-order chi connectivity index (χ0) is 27.8. The minimum Gasteiger partial charge on any atom is -0.298 e. The van der Waals surface area contributed by atoms with Crippen molar-refractivity contribution in [3.05, 3.63) is 98.6 Å². The fraction of sp³-hybridized carbons (Fsp3) is 0.316. The average Bonchev–Trinajstić information content (AvgIpc) is 3.56. The van der Waals surface area contributed by atoms with Gasteiger partial charge < -0.3 is 0 Å². The van der Waals surface area contributed by atoms with Crippen LogP contribution in [0.25, 0.3) is 38.3 Å². The number of hydrogen-bond donors (Lipinski definition) is 0. The molecule has 5 aliphatic carbocycles. The first-order valence-electron chi connectivity index (χ1n) is 14.6. The second-order valence-corrected chi connectivity index (χ2v) is 13.7. The fourth-order valence-electron chi connectivity index (χ4n) is 10.6. The number of benzene rings is 4. The van der Waals surface area contributed by atoms with Gasteiger partial charge in [0.15, 0.2) is 11.6 Å². The minimum absolute atomic E-state index is 0.242. The van der Waals surface area contributed by atoms with Crippen molar-refractivity contribution in [1.29, 1.82) is 0 Å². The van der Waals surface area contributed by atoms with Crippen LogP contribution in [0.2, 0.25) is 0 Å². The van der Waals surface area contributed by atoms with Crippen LogP contribution in [0.15, 0.2) is 54.1 Å². The van der Waals surface area contributed by atoms with Gasteiger partial charge in [0.05, 0.1) is 10.8 Å². The van der Waals surface area contributed by atoms with Crippen LogP contribution >= 0.6 is 0 Å². The van der Waals surface area contributed by atoms with Gasteiger partial charge in [-0.3, -0.25) is 9.59 Å². The van der Waals surface area contributed by atoms with Crippen molar-refractivity contribution >= 4 is 49.8 Å². The van der Waals surface area contributed by atoms with Crippen molar-refractivity contribution in [3.63, 3.8) is 0 Å². The Hall–Kier alpha value is -3.78. The summed E-state index contributed by atoms with van der Waals surface area (Å²) in [5, 5.41) is 5.01. The van der Waals surface area contributed by atoms with E-state index in [9.17, 15) is 4.79 Å². The number of Topliss-reactive ketones (excluding diaryl/α,β-unsaturated/α-hetero) is 2. The molecule has 0 heterocycles. The fourth-order valence-corrected chi connectivity index (χ4v) is 10.6. The van der Waals surface area contributed by atoms with Crippen LogP contribution in [-0.2, 0) is 15.0 Å². The second-order valence-electron chi connectivity index (χ2n) is 13.7. The average molecular weight is 521 g/mol. The van der Waals surface area contributed by atoms with Crippen LogP contribution in [0.1, 0.15) is 71.7 Å². The highest BCUT2D eigenvalue weighted by Gasteiger charge is 2.79. The Morgan fingerprint density at radius 2 is 1.12 bits per heavy atom. The minimum atomic E-state index is -0.863. The third kappa shape index (κ3) is 1.92. The smallest absolute Gasteiger partial charge is 0.163 e. The molecule has 0 unspecified atom stereocenters. The van der Waals surface area contributed by atoms with Crippen molar-refractivity contribution in [2.45, 2.75) is 60.3 Å². The molecule has 0 radical (unpaired) electrons. The predicted molar refractivity (Wildman–Crippen MR) is 162 cm³/mol. The molecule has 0 aromatic heterocycles. The molecule has 0 aliphatic heterocycles. The summed E-state index contributed by atoms with van der Waals surface area (Å²) in [6.07, 6.45) is 0.561. The summed E-state index contributed by atoms with van der Waals surface area (Å²) in [4.78, 5) is 29.9. The van der Waals surface area contributed by atoms with Gasteiger partial charge in [-0.1, -0.05) is 48.5 Å². The summed E-state index contributed by atoms with van der Waals surface area (Å²) < 4.78 is 0. The Morgan fingerprint density at radius 1 is 0.625 bits per heavy atom. The van der Waals surface area contributed by atoms with E-state index < -0.39 is 16.2 Å². The lowest BCUT2D eigenvalue weighted by Crippen LogP contribution is -2.59. The summed E-state index contributed by atoms with van der Waals surface area (Å²) in [6, 6.07) is 17.8. The number of rotatable bonds is 0. The van der Waals surface area contributed by atoms with E-state index in [1.807, 2.05) is 6.92 Å². The Kier molecular flexibility index (Phi) is 3.68. The van der Waals surface area contributed by atoms with Crippen molar-refractivity contribution in [2.75, 3.05) is 0 Å². The van der Waals surface area contributed by atoms with E-state index in [0.717, 1.165) is 11.1 Å². The summed E-state index contributed by atoms with van der Waals surface area (Å²) in [5.74, 6) is 0.281. The second kappa shape index (κ2) is 6.41. The highest BCUT2D eigenvalue weighted by Crippen LogP contribution is 2.81. The molecule has 1 saturated carbocycles. The Balaban J connectivity index is 1.53. The number of hydrogen-bond acceptors (Lipinski definition) is 2. The standard InChI is InChI=1S/C38H32O2/c1-17-8-12-22-13-9-18(2)26-28(22)25(17)32-33(26)37(7)35(40)36(32,6)16-24-34(39)21(5)31-27-19(3)10-14-23-15-11-20(4)30(29(23)27)38(24,31)37/h8-15,24H,16H2,1-7H3/t24-,36+,37+,38-/m1/s1. The van der Waals surface area contributed by atoms with E-state index in [1.54, 1.807) is 0 Å². The van der Waals surface area contributed by atoms with Gasteiger partial charge in [-0.15, -0.1) is 0 Å². The number of fused-ring (bicyclic) bond motifs is 7. The molecule has 0 amide bonds. The Bertz CT molecular complexity index is 2090. The molecule has 2 bridgehead atoms. The molecule has 40 heavy (non-hydrogen) atoms. The third-order valence-corrected chi connectivity index (χ3v) is 12.0. The topological polar surface area (TPSA) is 34.1 Å². The van der Waals surface area contributed by atoms with Gasteiger partial charge >= 0.3 is 0 Å². The molecule has 4 aromatic carbocycles. The Morgan fingerprint density at radius 3 is 1.73 bits per heavy atom. The quantitative estimate of drug-likeness (QED) is 0.233. The molecule has 4 aromatic rings. The summed E-state index contributed by atoms with van der Waals surface area (Å²) >= 11 is 0. The molecule has 2 heteroatoms. The van der Waals surface area contributed by atoms with Gasteiger partial charge in [-0.05, 0) is 143 Å². The van der Waals surface area contributed by atoms with Crippen molar-refractivity contribution in [1.82, 2.24) is 0 Å². The van der Waals surface area contributed by atoms with Crippen molar-refractivity contribution in [2.24, 2.45) is 16.7 Å². The lowest BCUT2D eigenvalue weighted by atomic mass is 9.45. The highest BCUT2D eigenvalue weighted by molar-refractivity contribution is 6.34. The van der Waals surface area contributed by atoms with Crippen LogP contribution in [0.4, 0.5) is 0 Å². The van der Waals surface area contributed by atoms with Crippen LogP contribution in [0, 0.1) is 44.4 Å². The maximum Gasteiger partial charge on any atom is 0.163 e. The SMILES string of the molecule is CC1=C2c3c(C)ccc4ccc(C)c(c34)[C@]23[C@H](C[C@]2(C)C(=O)[C@]3(C)C3=C2c2c(C)ccc4ccc(C)c3c24)C1=O. The summed E-state index contributed by atoms with van der Waals surface area (Å²) in [7, 11) is 0. The zero-order valence-corrected chi connectivity index (χ0v) is 24.2. The number of ketones is 2. The lowest BCUT2D eigenvalue weighted by Gasteiger charge is -2.54. The van der Waals surface area contributed by atoms with E-state index in [4.69, 9.17) is 0 Å². The van der Waals surface area contributed by atoms with Crippen molar-refractivity contribution < 1.29 is 9.59 Å². The molecule has 2 nitrogen and oxygen atoms in total. The first-order chi connectivity index (χ1) is 19.0. The first kappa shape index (κ1) is 23.0. The van der Waals surface area contributed by atoms with Crippen molar-refractivity contribution in [3.8, 4) is 0 Å². The van der Waals surface area contributed by atoms with Gasteiger partial charge in [0.25, 0.3) is 0 Å². The molecule has 0 saturated heterocycles. The number of carbonyl (C=O) groups excluding carboxylic acids is 2. The van der Waals surface area contributed by atoms with E-state index in [2.05, 4.69) is 90.1 Å². The molecule has 196 valence electrons. The maximum atomic E-state index is 15.4. The lowest BCUT2D eigenvalue weighted by molar-refractivity contribution is -0.141. The molecule has 0 N–H and O–H groups in total. The molecule has 9 rings (SSSR count). The summed E-state index contributed by atoms with van der Waals surface area (Å²) in [5.41, 5.74) is 11.9. The van der Waals surface area contributed by atoms with E-state index in [0.29, 0.717) is 12.2 Å². The van der Waals surface area contributed by atoms with Crippen LogP contribution < -0.4 is 0 Å². The van der Waals surface area contributed by atoms with Crippen LogP contribution in [0.3, 0.4) is 0 Å². The predicted octanol–water partition coefficient (Wildman–Crippen LogP) is 8.37. The molecule has 5 aliphatic rings.